The fourth-order valence-corrected chi connectivity index (χ4v) is 5.11. The number of carbonyl (C=O) groups excluding carboxylic acids is 1. The van der Waals surface area contributed by atoms with Crippen LogP contribution in [0.5, 0.6) is 0 Å². The highest BCUT2D eigenvalue weighted by Gasteiger charge is 2.58. The van der Waals surface area contributed by atoms with E-state index in [0.29, 0.717) is 24.7 Å². The number of carboxylic acid groups (broad SMARTS) is 1. The lowest BCUT2D eigenvalue weighted by molar-refractivity contribution is -0.150. The lowest BCUT2D eigenvalue weighted by atomic mass is 9.54. The first-order valence-electron chi connectivity index (χ1n) is 7.63. The summed E-state index contributed by atoms with van der Waals surface area (Å²) in [6.07, 6.45) is 7.42. The summed E-state index contributed by atoms with van der Waals surface area (Å²) in [5.74, 6) is 1.84. The Morgan fingerprint density at radius 2 is 1.47 bits per heavy atom. The zero-order valence-corrected chi connectivity index (χ0v) is 11.1. The molecule has 4 bridgehead atoms. The topological polar surface area (TPSA) is 66.4 Å². The van der Waals surface area contributed by atoms with Crippen molar-refractivity contribution in [2.24, 2.45) is 29.1 Å². The molecule has 5 aliphatic carbocycles. The van der Waals surface area contributed by atoms with Crippen LogP contribution in [0.2, 0.25) is 0 Å². The molecule has 0 aromatic heterocycles. The van der Waals surface area contributed by atoms with Crippen LogP contribution in [0.25, 0.3) is 0 Å². The van der Waals surface area contributed by atoms with E-state index < -0.39 is 11.4 Å². The van der Waals surface area contributed by atoms with E-state index in [1.54, 1.807) is 0 Å². The molecule has 0 atom stereocenters. The Morgan fingerprint density at radius 3 is 1.89 bits per heavy atom. The zero-order chi connectivity index (χ0) is 13.2. The van der Waals surface area contributed by atoms with Crippen LogP contribution >= 0.6 is 0 Å². The summed E-state index contributed by atoms with van der Waals surface area (Å²) in [4.78, 5) is 23.5. The van der Waals surface area contributed by atoms with Gasteiger partial charge in [0.15, 0.2) is 0 Å². The van der Waals surface area contributed by atoms with Gasteiger partial charge in [-0.05, 0) is 68.6 Å². The molecule has 0 saturated heterocycles. The number of aliphatic carboxylic acids is 1. The number of rotatable bonds is 3. The number of carbonyl (C=O) groups is 2. The summed E-state index contributed by atoms with van der Waals surface area (Å²) in [7, 11) is 0. The Kier molecular flexibility index (Phi) is 2.31. The van der Waals surface area contributed by atoms with Crippen LogP contribution in [-0.2, 0) is 9.59 Å². The monoisotopic (exact) mass is 263 g/mol. The maximum absolute atomic E-state index is 12.3. The Morgan fingerprint density at radius 1 is 0.947 bits per heavy atom. The maximum atomic E-state index is 12.3. The van der Waals surface area contributed by atoms with E-state index in [-0.39, 0.29) is 11.9 Å². The molecule has 0 aliphatic heterocycles. The Hall–Kier alpha value is -1.06. The predicted octanol–water partition coefficient (Wildman–Crippen LogP) is 1.79. The van der Waals surface area contributed by atoms with Crippen molar-refractivity contribution < 1.29 is 14.7 Å². The highest BCUT2D eigenvalue weighted by Crippen LogP contribution is 2.54. The fraction of sp³-hybridized carbons (Fsp3) is 0.867. The second kappa shape index (κ2) is 3.74. The molecule has 104 valence electrons. The van der Waals surface area contributed by atoms with Gasteiger partial charge in [-0.3, -0.25) is 9.59 Å². The third-order valence-corrected chi connectivity index (χ3v) is 6.12. The summed E-state index contributed by atoms with van der Waals surface area (Å²) < 4.78 is 0. The third kappa shape index (κ3) is 1.65. The SMILES string of the molecule is O=C(O)C1(C(=O)NC2C3CC4CC(C3)CC2C4)CC1. The predicted molar refractivity (Wildman–Crippen MR) is 68.3 cm³/mol. The van der Waals surface area contributed by atoms with Crippen molar-refractivity contribution >= 4 is 11.9 Å². The Labute approximate surface area is 112 Å². The van der Waals surface area contributed by atoms with E-state index in [0.717, 1.165) is 11.8 Å². The van der Waals surface area contributed by atoms with Crippen LogP contribution in [0, 0.1) is 29.1 Å². The van der Waals surface area contributed by atoms with Crippen molar-refractivity contribution in [3.8, 4) is 0 Å². The van der Waals surface area contributed by atoms with Crippen LogP contribution in [0.3, 0.4) is 0 Å². The summed E-state index contributed by atoms with van der Waals surface area (Å²) in [5, 5.41) is 12.3. The molecule has 0 unspecified atom stereocenters. The van der Waals surface area contributed by atoms with Gasteiger partial charge in [0.25, 0.3) is 0 Å². The molecule has 4 nitrogen and oxygen atoms in total. The van der Waals surface area contributed by atoms with Crippen LogP contribution in [0.4, 0.5) is 0 Å². The smallest absolute Gasteiger partial charge is 0.319 e. The number of carboxylic acids is 1. The van der Waals surface area contributed by atoms with Crippen molar-refractivity contribution in [1.29, 1.82) is 0 Å². The van der Waals surface area contributed by atoms with Gasteiger partial charge in [-0.25, -0.2) is 0 Å². The average Bonchev–Trinajstić information content (AvgIpc) is 3.13. The third-order valence-electron chi connectivity index (χ3n) is 6.12. The van der Waals surface area contributed by atoms with E-state index in [1.165, 1.54) is 32.1 Å². The molecule has 5 saturated carbocycles. The normalized spacial score (nSPS) is 44.9. The minimum absolute atomic E-state index is 0.211. The van der Waals surface area contributed by atoms with Crippen LogP contribution < -0.4 is 5.32 Å². The van der Waals surface area contributed by atoms with Gasteiger partial charge in [0, 0.05) is 6.04 Å². The fourth-order valence-electron chi connectivity index (χ4n) is 5.11. The summed E-state index contributed by atoms with van der Waals surface area (Å²) in [6.45, 7) is 0. The first kappa shape index (κ1) is 11.7. The maximum Gasteiger partial charge on any atom is 0.319 e. The van der Waals surface area contributed by atoms with Crippen molar-refractivity contribution in [2.45, 2.75) is 51.0 Å². The van der Waals surface area contributed by atoms with Gasteiger partial charge >= 0.3 is 5.97 Å². The molecule has 5 fully saturated rings. The second-order valence-electron chi connectivity index (χ2n) is 7.32. The van der Waals surface area contributed by atoms with Gasteiger partial charge in [0.2, 0.25) is 5.91 Å². The molecule has 19 heavy (non-hydrogen) atoms. The quantitative estimate of drug-likeness (QED) is 0.763. The molecular weight excluding hydrogens is 242 g/mol. The first-order valence-corrected chi connectivity index (χ1v) is 7.63. The van der Waals surface area contributed by atoms with Crippen LogP contribution in [-0.4, -0.2) is 23.0 Å². The molecule has 2 N–H and O–H groups in total. The van der Waals surface area contributed by atoms with Gasteiger partial charge in [-0.15, -0.1) is 0 Å². The average molecular weight is 263 g/mol. The Bertz CT molecular complexity index is 413. The Balaban J connectivity index is 1.49. The van der Waals surface area contributed by atoms with Crippen molar-refractivity contribution in [2.75, 3.05) is 0 Å². The molecule has 0 aromatic rings. The van der Waals surface area contributed by atoms with Gasteiger partial charge in [0.1, 0.15) is 5.41 Å². The van der Waals surface area contributed by atoms with Gasteiger partial charge in [-0.1, -0.05) is 0 Å². The van der Waals surface area contributed by atoms with Crippen molar-refractivity contribution in [3.63, 3.8) is 0 Å². The number of amides is 1. The van der Waals surface area contributed by atoms with Gasteiger partial charge in [-0.2, -0.15) is 0 Å². The van der Waals surface area contributed by atoms with E-state index in [1.807, 2.05) is 0 Å². The number of nitrogens with one attached hydrogen (secondary N) is 1. The summed E-state index contributed by atoms with van der Waals surface area (Å²) >= 11 is 0. The van der Waals surface area contributed by atoms with Gasteiger partial charge < -0.3 is 10.4 Å². The zero-order valence-electron chi connectivity index (χ0n) is 11.1. The van der Waals surface area contributed by atoms with E-state index >= 15 is 0 Å². The standard InChI is InChI=1S/C15H21NO3/c17-13(15(1-2-15)14(18)19)16-12-10-4-8-3-9(6-10)7-11(12)5-8/h8-12H,1-7H2,(H,16,17)(H,18,19). The van der Waals surface area contributed by atoms with Crippen molar-refractivity contribution in [3.05, 3.63) is 0 Å². The molecule has 0 radical (unpaired) electrons. The molecule has 1 amide bonds. The van der Waals surface area contributed by atoms with Crippen LogP contribution in [0.1, 0.15) is 44.9 Å². The van der Waals surface area contributed by atoms with Crippen molar-refractivity contribution in [1.82, 2.24) is 5.32 Å². The molecule has 5 rings (SSSR count). The molecular formula is C15H21NO3. The van der Waals surface area contributed by atoms with Crippen LogP contribution in [0.15, 0.2) is 0 Å². The first-order chi connectivity index (χ1) is 9.08. The number of hydrogen-bond acceptors (Lipinski definition) is 2. The second-order valence-corrected chi connectivity index (χ2v) is 7.32. The number of hydrogen-bond donors (Lipinski definition) is 2. The lowest BCUT2D eigenvalue weighted by Crippen LogP contribution is -2.57. The molecule has 0 spiro atoms. The highest BCUT2D eigenvalue weighted by atomic mass is 16.4. The minimum Gasteiger partial charge on any atom is -0.480 e. The summed E-state index contributed by atoms with van der Waals surface area (Å²) in [5.41, 5.74) is -1.07. The van der Waals surface area contributed by atoms with E-state index in [4.69, 9.17) is 0 Å². The van der Waals surface area contributed by atoms with E-state index in [2.05, 4.69) is 5.32 Å². The van der Waals surface area contributed by atoms with Gasteiger partial charge in [0.05, 0.1) is 0 Å². The highest BCUT2D eigenvalue weighted by molar-refractivity contribution is 6.04. The largest absolute Gasteiger partial charge is 0.480 e. The molecule has 0 heterocycles. The van der Waals surface area contributed by atoms with E-state index in [9.17, 15) is 14.7 Å². The summed E-state index contributed by atoms with van der Waals surface area (Å²) in [6, 6.07) is 0.261. The molecule has 5 aliphatic rings. The lowest BCUT2D eigenvalue weighted by Gasteiger charge is -2.54. The molecule has 4 heteroatoms. The molecule has 0 aromatic carbocycles. The minimum atomic E-state index is -1.07.